The molecule has 28 heavy (non-hydrogen) atoms. The van der Waals surface area contributed by atoms with E-state index in [1.807, 2.05) is 12.1 Å². The summed E-state index contributed by atoms with van der Waals surface area (Å²) in [7, 11) is 0. The van der Waals surface area contributed by atoms with Crippen molar-refractivity contribution in [2.24, 2.45) is 10.2 Å². The van der Waals surface area contributed by atoms with Crippen LogP contribution in [0.2, 0.25) is 0 Å². The van der Waals surface area contributed by atoms with Gasteiger partial charge in [0.25, 0.3) is 11.8 Å². The van der Waals surface area contributed by atoms with Crippen LogP contribution < -0.4 is 10.9 Å². The van der Waals surface area contributed by atoms with E-state index in [1.54, 1.807) is 48.5 Å². The Morgan fingerprint density at radius 2 is 1.11 bits per heavy atom. The third kappa shape index (κ3) is 5.15. The van der Waals surface area contributed by atoms with Gasteiger partial charge in [0.15, 0.2) is 0 Å². The highest BCUT2D eigenvalue weighted by Gasteiger charge is 2.05. The number of benzene rings is 1. The number of hydrazone groups is 2. The van der Waals surface area contributed by atoms with Crippen molar-refractivity contribution in [3.63, 3.8) is 0 Å². The van der Waals surface area contributed by atoms with E-state index in [-0.39, 0.29) is 11.4 Å². The third-order valence-electron chi connectivity index (χ3n) is 3.53. The molecular formula is C20H16N6O2. The summed E-state index contributed by atoms with van der Waals surface area (Å²) in [6.45, 7) is 0. The van der Waals surface area contributed by atoms with Crippen molar-refractivity contribution < 1.29 is 9.59 Å². The molecule has 0 bridgehead atoms. The zero-order valence-electron chi connectivity index (χ0n) is 14.7. The van der Waals surface area contributed by atoms with Crippen LogP contribution in [0.4, 0.5) is 0 Å². The van der Waals surface area contributed by atoms with Crippen molar-refractivity contribution in [1.82, 2.24) is 20.8 Å². The molecule has 3 aromatic rings. The van der Waals surface area contributed by atoms with Gasteiger partial charge in [-0.2, -0.15) is 10.2 Å². The lowest BCUT2D eigenvalue weighted by Gasteiger charge is -2.01. The van der Waals surface area contributed by atoms with Crippen LogP contribution in [0, 0.1) is 0 Å². The molecule has 0 saturated carbocycles. The molecule has 0 atom stereocenters. The number of amides is 2. The molecule has 2 aromatic heterocycles. The number of carbonyl (C=O) groups excluding carboxylic acids is 2. The quantitative estimate of drug-likeness (QED) is 0.509. The van der Waals surface area contributed by atoms with Crippen LogP contribution >= 0.6 is 0 Å². The van der Waals surface area contributed by atoms with Crippen molar-refractivity contribution in [1.29, 1.82) is 0 Å². The maximum absolute atomic E-state index is 11.9. The fraction of sp³-hybridized carbons (Fsp3) is 0. The first-order valence-electron chi connectivity index (χ1n) is 8.32. The number of hydrogen-bond acceptors (Lipinski definition) is 6. The van der Waals surface area contributed by atoms with E-state index < -0.39 is 11.8 Å². The first-order valence-corrected chi connectivity index (χ1v) is 8.32. The van der Waals surface area contributed by atoms with Crippen molar-refractivity contribution in [3.8, 4) is 0 Å². The lowest BCUT2D eigenvalue weighted by atomic mass is 10.1. The van der Waals surface area contributed by atoms with Gasteiger partial charge >= 0.3 is 0 Å². The van der Waals surface area contributed by atoms with Crippen LogP contribution in [-0.4, -0.2) is 34.2 Å². The van der Waals surface area contributed by atoms with Crippen LogP contribution in [0.1, 0.15) is 32.1 Å². The first-order chi connectivity index (χ1) is 13.7. The van der Waals surface area contributed by atoms with Crippen LogP contribution in [-0.2, 0) is 0 Å². The van der Waals surface area contributed by atoms with Crippen molar-refractivity contribution >= 4 is 24.2 Å². The molecule has 2 heterocycles. The number of carbonyl (C=O) groups is 2. The number of nitrogens with one attached hydrogen (secondary N) is 2. The molecule has 0 fully saturated rings. The summed E-state index contributed by atoms with van der Waals surface area (Å²) in [6.07, 6.45) is 6.04. The van der Waals surface area contributed by atoms with Crippen LogP contribution in [0.25, 0.3) is 0 Å². The molecule has 0 unspecified atom stereocenters. The Morgan fingerprint density at radius 1 is 0.679 bits per heavy atom. The van der Waals surface area contributed by atoms with E-state index in [9.17, 15) is 9.59 Å². The smallest absolute Gasteiger partial charge is 0.266 e. The molecular weight excluding hydrogens is 356 g/mol. The Morgan fingerprint density at radius 3 is 1.50 bits per heavy atom. The van der Waals surface area contributed by atoms with Gasteiger partial charge in [0.05, 0.1) is 12.4 Å². The van der Waals surface area contributed by atoms with Crippen molar-refractivity contribution in [3.05, 3.63) is 95.6 Å². The van der Waals surface area contributed by atoms with Gasteiger partial charge in [0, 0.05) is 23.5 Å². The molecule has 0 aliphatic carbocycles. The summed E-state index contributed by atoms with van der Waals surface area (Å²) in [6, 6.07) is 17.3. The highest BCUT2D eigenvalue weighted by molar-refractivity contribution is 5.97. The lowest BCUT2D eigenvalue weighted by Crippen LogP contribution is -2.19. The normalized spacial score (nSPS) is 10.9. The largest absolute Gasteiger partial charge is 0.289 e. The average Bonchev–Trinajstić information content (AvgIpc) is 2.76. The summed E-state index contributed by atoms with van der Waals surface area (Å²) in [5.41, 5.74) is 6.79. The second-order valence-corrected chi connectivity index (χ2v) is 5.46. The van der Waals surface area contributed by atoms with E-state index in [1.165, 1.54) is 24.8 Å². The molecule has 0 spiro atoms. The monoisotopic (exact) mass is 372 g/mol. The van der Waals surface area contributed by atoms with Gasteiger partial charge < -0.3 is 0 Å². The SMILES string of the molecule is O=C(NN=Cc1ccccc1C=NNC(=O)c1ccccn1)c1ccccn1. The highest BCUT2D eigenvalue weighted by Crippen LogP contribution is 2.03. The fourth-order valence-corrected chi connectivity index (χ4v) is 2.18. The van der Waals surface area contributed by atoms with Gasteiger partial charge in [-0.25, -0.2) is 10.9 Å². The van der Waals surface area contributed by atoms with Crippen molar-refractivity contribution in [2.75, 3.05) is 0 Å². The van der Waals surface area contributed by atoms with Gasteiger partial charge in [-0.1, -0.05) is 36.4 Å². The van der Waals surface area contributed by atoms with Crippen LogP contribution in [0.5, 0.6) is 0 Å². The number of nitrogens with zero attached hydrogens (tertiary/aromatic N) is 4. The van der Waals surface area contributed by atoms with Gasteiger partial charge in [-0.15, -0.1) is 0 Å². The minimum absolute atomic E-state index is 0.270. The molecule has 0 aliphatic rings. The second-order valence-electron chi connectivity index (χ2n) is 5.46. The Bertz CT molecular complexity index is 921. The van der Waals surface area contributed by atoms with E-state index >= 15 is 0 Å². The fourth-order valence-electron chi connectivity index (χ4n) is 2.18. The van der Waals surface area contributed by atoms with Crippen LogP contribution in [0.15, 0.2) is 83.3 Å². The maximum atomic E-state index is 11.9. The lowest BCUT2D eigenvalue weighted by molar-refractivity contribution is 0.0942. The van der Waals surface area contributed by atoms with E-state index in [0.29, 0.717) is 11.1 Å². The average molecular weight is 372 g/mol. The molecule has 0 saturated heterocycles. The van der Waals surface area contributed by atoms with E-state index in [0.717, 1.165) is 0 Å². The number of rotatable bonds is 6. The summed E-state index contributed by atoms with van der Waals surface area (Å²) >= 11 is 0. The van der Waals surface area contributed by atoms with Gasteiger partial charge in [0.1, 0.15) is 11.4 Å². The standard InChI is InChI=1S/C20H16N6O2/c27-19(17-9-3-5-11-21-17)25-23-13-15-7-1-2-8-16(15)14-24-26-20(28)18-10-4-6-12-22-18/h1-14H,(H,25,27)(H,26,28). The predicted molar refractivity (Wildman–Crippen MR) is 105 cm³/mol. The van der Waals surface area contributed by atoms with Gasteiger partial charge in [0.2, 0.25) is 0 Å². The first kappa shape index (κ1) is 18.6. The predicted octanol–water partition coefficient (Wildman–Crippen LogP) is 2.00. The summed E-state index contributed by atoms with van der Waals surface area (Å²) < 4.78 is 0. The Labute approximate surface area is 161 Å². The van der Waals surface area contributed by atoms with Crippen LogP contribution in [0.3, 0.4) is 0 Å². The second kappa shape index (κ2) is 9.48. The molecule has 1 aromatic carbocycles. The zero-order valence-corrected chi connectivity index (χ0v) is 14.7. The zero-order chi connectivity index (χ0) is 19.6. The minimum atomic E-state index is -0.411. The molecule has 3 rings (SSSR count). The number of hydrogen-bond donors (Lipinski definition) is 2. The van der Waals surface area contributed by atoms with Crippen molar-refractivity contribution in [2.45, 2.75) is 0 Å². The summed E-state index contributed by atoms with van der Waals surface area (Å²) in [5, 5.41) is 7.89. The third-order valence-corrected chi connectivity index (χ3v) is 3.53. The topological polar surface area (TPSA) is 109 Å². The summed E-state index contributed by atoms with van der Waals surface area (Å²) in [5.74, 6) is -0.823. The van der Waals surface area contributed by atoms with E-state index in [2.05, 4.69) is 31.0 Å². The Kier molecular flexibility index (Phi) is 6.30. The molecule has 2 N–H and O–H groups in total. The molecule has 2 amide bonds. The van der Waals surface area contributed by atoms with Gasteiger partial charge in [-0.05, 0) is 24.3 Å². The molecule has 8 nitrogen and oxygen atoms in total. The molecule has 138 valence electrons. The molecule has 0 radical (unpaired) electrons. The Balaban J connectivity index is 1.62. The molecule has 8 heteroatoms. The number of aromatic nitrogens is 2. The van der Waals surface area contributed by atoms with E-state index in [4.69, 9.17) is 0 Å². The maximum Gasteiger partial charge on any atom is 0.289 e. The highest BCUT2D eigenvalue weighted by atomic mass is 16.2. The Hall–Kier alpha value is -4.20. The minimum Gasteiger partial charge on any atom is -0.266 e. The van der Waals surface area contributed by atoms with Gasteiger partial charge in [-0.3, -0.25) is 19.6 Å². The summed E-state index contributed by atoms with van der Waals surface area (Å²) in [4.78, 5) is 31.8. The number of pyridine rings is 2. The molecule has 0 aliphatic heterocycles.